The van der Waals surface area contributed by atoms with Crippen molar-refractivity contribution in [3.8, 4) is 17.2 Å². The molecule has 0 atom stereocenters. The molecule has 4 rings (SSSR count). The van der Waals surface area contributed by atoms with Gasteiger partial charge >= 0.3 is 0 Å². The van der Waals surface area contributed by atoms with Crippen LogP contribution in [0.15, 0.2) is 54.7 Å². The standard InChI is InChI=1S/C21H20N4/c1-24-10-12-25(13-11-24)21-6-2-4-16-7-8-17(14-19(16)21)18-5-3-9-23-20(18)15-22/h2-9,14H,10-13H2,1H3. The molecule has 3 aromatic rings. The monoisotopic (exact) mass is 328 g/mol. The topological polar surface area (TPSA) is 43.2 Å². The van der Waals surface area contributed by atoms with Gasteiger partial charge in [0, 0.05) is 49.0 Å². The molecular formula is C21H20N4. The zero-order valence-electron chi connectivity index (χ0n) is 14.3. The van der Waals surface area contributed by atoms with Crippen molar-refractivity contribution in [2.45, 2.75) is 0 Å². The third kappa shape index (κ3) is 2.95. The molecular weight excluding hydrogens is 308 g/mol. The lowest BCUT2D eigenvalue weighted by Gasteiger charge is -2.34. The highest BCUT2D eigenvalue weighted by atomic mass is 15.2. The quantitative estimate of drug-likeness (QED) is 0.722. The first-order valence-corrected chi connectivity index (χ1v) is 8.58. The van der Waals surface area contributed by atoms with Gasteiger partial charge in [-0.15, -0.1) is 0 Å². The SMILES string of the molecule is CN1CCN(c2cccc3ccc(-c4cccnc4C#N)cc23)CC1. The molecule has 1 fully saturated rings. The first kappa shape index (κ1) is 15.6. The summed E-state index contributed by atoms with van der Waals surface area (Å²) < 4.78 is 0. The summed E-state index contributed by atoms with van der Waals surface area (Å²) in [5.41, 5.74) is 3.67. The van der Waals surface area contributed by atoms with Crippen LogP contribution < -0.4 is 4.90 Å². The number of pyridine rings is 1. The number of rotatable bonds is 2. The number of piperazine rings is 1. The van der Waals surface area contributed by atoms with Gasteiger partial charge in [0.2, 0.25) is 0 Å². The third-order valence-electron chi connectivity index (χ3n) is 4.93. The van der Waals surface area contributed by atoms with Crippen molar-refractivity contribution >= 4 is 16.5 Å². The van der Waals surface area contributed by atoms with E-state index in [1.807, 2.05) is 12.1 Å². The second-order valence-electron chi connectivity index (χ2n) is 6.51. The fraction of sp³-hybridized carbons (Fsp3) is 0.238. The zero-order chi connectivity index (χ0) is 17.2. The van der Waals surface area contributed by atoms with Gasteiger partial charge in [-0.1, -0.05) is 24.3 Å². The van der Waals surface area contributed by atoms with Crippen LogP contribution in [0.4, 0.5) is 5.69 Å². The second kappa shape index (κ2) is 6.54. The largest absolute Gasteiger partial charge is 0.368 e. The molecule has 0 unspecified atom stereocenters. The van der Waals surface area contributed by atoms with E-state index in [9.17, 15) is 5.26 Å². The molecule has 0 radical (unpaired) electrons. The number of aromatic nitrogens is 1. The van der Waals surface area contributed by atoms with E-state index >= 15 is 0 Å². The lowest BCUT2D eigenvalue weighted by molar-refractivity contribution is 0.313. The Balaban J connectivity index is 1.82. The number of benzene rings is 2. The number of hydrogen-bond acceptors (Lipinski definition) is 4. The van der Waals surface area contributed by atoms with E-state index in [0.717, 1.165) is 37.3 Å². The fourth-order valence-electron chi connectivity index (χ4n) is 3.47. The predicted molar refractivity (Wildman–Crippen MR) is 102 cm³/mol. The van der Waals surface area contributed by atoms with Crippen LogP contribution in [0.25, 0.3) is 21.9 Å². The number of nitriles is 1. The summed E-state index contributed by atoms with van der Waals surface area (Å²) in [4.78, 5) is 9.02. The molecule has 1 aliphatic rings. The van der Waals surface area contributed by atoms with Crippen molar-refractivity contribution in [3.05, 3.63) is 60.4 Å². The van der Waals surface area contributed by atoms with Crippen molar-refractivity contribution in [2.75, 3.05) is 38.1 Å². The Bertz CT molecular complexity index is 950. The zero-order valence-corrected chi connectivity index (χ0v) is 14.3. The molecule has 0 spiro atoms. The minimum absolute atomic E-state index is 0.471. The lowest BCUT2D eigenvalue weighted by atomic mass is 9.99. The second-order valence-corrected chi connectivity index (χ2v) is 6.51. The van der Waals surface area contributed by atoms with E-state index in [1.165, 1.54) is 16.5 Å². The molecule has 0 aliphatic carbocycles. The summed E-state index contributed by atoms with van der Waals surface area (Å²) in [6.45, 7) is 4.24. The maximum atomic E-state index is 9.35. The molecule has 0 bridgehead atoms. The minimum Gasteiger partial charge on any atom is -0.368 e. The highest BCUT2D eigenvalue weighted by Gasteiger charge is 2.16. The number of anilines is 1. The Morgan fingerprint density at radius 3 is 2.64 bits per heavy atom. The van der Waals surface area contributed by atoms with Crippen LogP contribution in [-0.2, 0) is 0 Å². The summed E-state index contributed by atoms with van der Waals surface area (Å²) in [6, 6.07) is 18.9. The molecule has 2 aromatic carbocycles. The van der Waals surface area contributed by atoms with Crippen LogP contribution in [0.5, 0.6) is 0 Å². The summed E-state index contributed by atoms with van der Waals surface area (Å²) in [6.07, 6.45) is 1.67. The molecule has 4 nitrogen and oxygen atoms in total. The first-order chi connectivity index (χ1) is 12.3. The van der Waals surface area contributed by atoms with Crippen molar-refractivity contribution in [1.29, 1.82) is 5.26 Å². The van der Waals surface area contributed by atoms with Gasteiger partial charge in [-0.3, -0.25) is 0 Å². The average molecular weight is 328 g/mol. The van der Waals surface area contributed by atoms with Crippen LogP contribution in [0, 0.1) is 11.3 Å². The van der Waals surface area contributed by atoms with Crippen molar-refractivity contribution in [1.82, 2.24) is 9.88 Å². The van der Waals surface area contributed by atoms with E-state index in [2.05, 4.69) is 64.3 Å². The number of fused-ring (bicyclic) bond motifs is 1. The Morgan fingerprint density at radius 1 is 1.00 bits per heavy atom. The minimum atomic E-state index is 0.471. The van der Waals surface area contributed by atoms with Crippen molar-refractivity contribution in [2.24, 2.45) is 0 Å². The van der Waals surface area contributed by atoms with Crippen LogP contribution in [0.2, 0.25) is 0 Å². The summed E-state index contributed by atoms with van der Waals surface area (Å²) in [5.74, 6) is 0. The molecule has 0 saturated carbocycles. The van der Waals surface area contributed by atoms with Crippen LogP contribution >= 0.6 is 0 Å². The van der Waals surface area contributed by atoms with Gasteiger partial charge in [0.05, 0.1) is 0 Å². The molecule has 1 aromatic heterocycles. The van der Waals surface area contributed by atoms with Gasteiger partial charge in [0.1, 0.15) is 11.8 Å². The average Bonchev–Trinajstić information content (AvgIpc) is 2.68. The van der Waals surface area contributed by atoms with Crippen LogP contribution in [0.3, 0.4) is 0 Å². The lowest BCUT2D eigenvalue weighted by Crippen LogP contribution is -2.44. The van der Waals surface area contributed by atoms with E-state index in [4.69, 9.17) is 0 Å². The maximum Gasteiger partial charge on any atom is 0.148 e. The van der Waals surface area contributed by atoms with Crippen molar-refractivity contribution < 1.29 is 0 Å². The Hall–Kier alpha value is -2.90. The highest BCUT2D eigenvalue weighted by Crippen LogP contribution is 2.32. The van der Waals surface area contributed by atoms with E-state index in [1.54, 1.807) is 6.20 Å². The molecule has 124 valence electrons. The molecule has 0 N–H and O–H groups in total. The van der Waals surface area contributed by atoms with Gasteiger partial charge in [-0.2, -0.15) is 5.26 Å². The predicted octanol–water partition coefficient (Wildman–Crippen LogP) is 3.53. The Kier molecular flexibility index (Phi) is 4.09. The molecule has 4 heteroatoms. The number of nitrogens with zero attached hydrogens (tertiary/aromatic N) is 4. The van der Waals surface area contributed by atoms with Crippen LogP contribution in [-0.4, -0.2) is 43.1 Å². The first-order valence-electron chi connectivity index (χ1n) is 8.58. The molecule has 0 amide bonds. The van der Waals surface area contributed by atoms with Gasteiger partial charge in [0.15, 0.2) is 0 Å². The van der Waals surface area contributed by atoms with E-state index in [0.29, 0.717) is 5.69 Å². The maximum absolute atomic E-state index is 9.35. The normalized spacial score (nSPS) is 15.3. The molecule has 1 saturated heterocycles. The fourth-order valence-corrected chi connectivity index (χ4v) is 3.47. The Labute approximate surface area is 147 Å². The van der Waals surface area contributed by atoms with E-state index in [-0.39, 0.29) is 0 Å². The third-order valence-corrected chi connectivity index (χ3v) is 4.93. The summed E-state index contributed by atoms with van der Waals surface area (Å²) >= 11 is 0. The molecule has 2 heterocycles. The van der Waals surface area contributed by atoms with Crippen molar-refractivity contribution in [3.63, 3.8) is 0 Å². The van der Waals surface area contributed by atoms with Gasteiger partial charge < -0.3 is 9.80 Å². The highest BCUT2D eigenvalue weighted by molar-refractivity contribution is 5.97. The molecule has 1 aliphatic heterocycles. The molecule has 25 heavy (non-hydrogen) atoms. The van der Waals surface area contributed by atoms with Crippen LogP contribution in [0.1, 0.15) is 5.69 Å². The van der Waals surface area contributed by atoms with Gasteiger partial charge in [-0.25, -0.2) is 4.98 Å². The van der Waals surface area contributed by atoms with Gasteiger partial charge in [-0.05, 0) is 42.3 Å². The number of hydrogen-bond donors (Lipinski definition) is 0. The smallest absolute Gasteiger partial charge is 0.148 e. The summed E-state index contributed by atoms with van der Waals surface area (Å²) in [7, 11) is 2.17. The Morgan fingerprint density at radius 2 is 1.84 bits per heavy atom. The van der Waals surface area contributed by atoms with E-state index < -0.39 is 0 Å². The number of likely N-dealkylation sites (N-methyl/N-ethyl adjacent to an activating group) is 1. The van der Waals surface area contributed by atoms with Gasteiger partial charge in [0.25, 0.3) is 0 Å². The summed E-state index contributed by atoms with van der Waals surface area (Å²) in [5, 5.41) is 11.8.